The fourth-order valence-corrected chi connectivity index (χ4v) is 2.70. The van der Waals surface area contributed by atoms with Gasteiger partial charge in [0.15, 0.2) is 11.5 Å². The fraction of sp³-hybridized carbons (Fsp3) is 0.600. The molecule has 0 aromatic heterocycles. The topological polar surface area (TPSA) is 56.5 Å². The fourth-order valence-electron chi connectivity index (χ4n) is 2.70. The Kier molecular flexibility index (Phi) is 5.05. The normalized spacial score (nSPS) is 18.1. The van der Waals surface area contributed by atoms with E-state index in [1.165, 1.54) is 12.8 Å². The molecule has 19 heavy (non-hydrogen) atoms. The molecule has 0 bridgehead atoms. The number of hydrogen-bond acceptors (Lipinski definition) is 4. The Labute approximate surface area is 115 Å². The summed E-state index contributed by atoms with van der Waals surface area (Å²) in [5.41, 5.74) is 7.45. The summed E-state index contributed by atoms with van der Waals surface area (Å²) in [5.74, 6) is 2.23. The Bertz CT molecular complexity index is 403. The number of methoxy groups -OCH3 is 2. The maximum absolute atomic E-state index is 6.32. The van der Waals surface area contributed by atoms with Gasteiger partial charge in [-0.1, -0.05) is 6.07 Å². The van der Waals surface area contributed by atoms with Crippen LogP contribution in [0.5, 0.6) is 11.5 Å². The van der Waals surface area contributed by atoms with Crippen molar-refractivity contribution >= 4 is 0 Å². The summed E-state index contributed by atoms with van der Waals surface area (Å²) in [4.78, 5) is 0. The molecule has 106 valence electrons. The lowest BCUT2D eigenvalue weighted by Crippen LogP contribution is -2.29. The lowest BCUT2D eigenvalue weighted by molar-refractivity contribution is 0.331. The van der Waals surface area contributed by atoms with Crippen LogP contribution in [0.25, 0.3) is 0 Å². The first-order valence-electron chi connectivity index (χ1n) is 6.92. The standard InChI is InChI=1S/C15H24N2O2/c1-18-14-4-3-12(10-15(14)19-2)13(16)9-11-5-7-17-8-6-11/h3-4,10-11,13,17H,5-9,16H2,1-2H3. The van der Waals surface area contributed by atoms with E-state index in [1.807, 2.05) is 18.2 Å². The highest BCUT2D eigenvalue weighted by Crippen LogP contribution is 2.32. The zero-order chi connectivity index (χ0) is 13.7. The summed E-state index contributed by atoms with van der Waals surface area (Å²) in [5, 5.41) is 3.38. The Hall–Kier alpha value is -1.26. The third-order valence-electron chi connectivity index (χ3n) is 3.88. The van der Waals surface area contributed by atoms with E-state index in [9.17, 15) is 0 Å². The van der Waals surface area contributed by atoms with Gasteiger partial charge in [0.1, 0.15) is 0 Å². The first-order valence-corrected chi connectivity index (χ1v) is 6.92. The molecule has 1 aromatic rings. The zero-order valence-electron chi connectivity index (χ0n) is 11.8. The van der Waals surface area contributed by atoms with Crippen LogP contribution in [-0.4, -0.2) is 27.3 Å². The molecule has 1 fully saturated rings. The van der Waals surface area contributed by atoms with Gasteiger partial charge < -0.3 is 20.5 Å². The molecule has 0 saturated carbocycles. The minimum atomic E-state index is 0.0721. The van der Waals surface area contributed by atoms with Crippen LogP contribution in [0.2, 0.25) is 0 Å². The van der Waals surface area contributed by atoms with Gasteiger partial charge in [-0.3, -0.25) is 0 Å². The average molecular weight is 264 g/mol. The summed E-state index contributed by atoms with van der Waals surface area (Å²) < 4.78 is 10.6. The third-order valence-corrected chi connectivity index (χ3v) is 3.88. The van der Waals surface area contributed by atoms with Crippen LogP contribution in [0.3, 0.4) is 0 Å². The van der Waals surface area contributed by atoms with Crippen molar-refractivity contribution in [3.05, 3.63) is 23.8 Å². The van der Waals surface area contributed by atoms with E-state index < -0.39 is 0 Å². The molecule has 1 aliphatic heterocycles. The van der Waals surface area contributed by atoms with Crippen LogP contribution in [0, 0.1) is 5.92 Å². The molecule has 0 spiro atoms. The molecule has 1 atom stereocenters. The molecular formula is C15H24N2O2. The molecule has 3 N–H and O–H groups in total. The molecule has 2 rings (SSSR count). The van der Waals surface area contributed by atoms with E-state index in [-0.39, 0.29) is 6.04 Å². The summed E-state index contributed by atoms with van der Waals surface area (Å²) >= 11 is 0. The van der Waals surface area contributed by atoms with Crippen molar-refractivity contribution in [2.75, 3.05) is 27.3 Å². The highest BCUT2D eigenvalue weighted by molar-refractivity contribution is 5.43. The number of benzene rings is 1. The quantitative estimate of drug-likeness (QED) is 0.855. The van der Waals surface area contributed by atoms with Crippen LogP contribution in [0.1, 0.15) is 30.9 Å². The maximum Gasteiger partial charge on any atom is 0.161 e. The molecule has 0 amide bonds. The Morgan fingerprint density at radius 2 is 1.89 bits per heavy atom. The van der Waals surface area contributed by atoms with E-state index >= 15 is 0 Å². The number of hydrogen-bond donors (Lipinski definition) is 2. The molecule has 4 nitrogen and oxygen atoms in total. The van der Waals surface area contributed by atoms with Crippen LogP contribution >= 0.6 is 0 Å². The van der Waals surface area contributed by atoms with Gasteiger partial charge in [-0.25, -0.2) is 0 Å². The first kappa shape index (κ1) is 14.2. The van der Waals surface area contributed by atoms with Gasteiger partial charge in [-0.15, -0.1) is 0 Å². The van der Waals surface area contributed by atoms with E-state index in [0.29, 0.717) is 0 Å². The zero-order valence-corrected chi connectivity index (χ0v) is 11.8. The SMILES string of the molecule is COc1ccc(C(N)CC2CCNCC2)cc1OC. The predicted octanol–water partition coefficient (Wildman–Crippen LogP) is 2.09. The second-order valence-corrected chi connectivity index (χ2v) is 5.15. The molecule has 0 radical (unpaired) electrons. The van der Waals surface area contributed by atoms with Gasteiger partial charge in [0, 0.05) is 6.04 Å². The summed E-state index contributed by atoms with van der Waals surface area (Å²) in [6.07, 6.45) is 3.49. The minimum absolute atomic E-state index is 0.0721. The van der Waals surface area contributed by atoms with Gasteiger partial charge in [0.2, 0.25) is 0 Å². The van der Waals surface area contributed by atoms with Crippen molar-refractivity contribution in [2.24, 2.45) is 11.7 Å². The Morgan fingerprint density at radius 1 is 1.21 bits per heavy atom. The van der Waals surface area contributed by atoms with Crippen molar-refractivity contribution in [2.45, 2.75) is 25.3 Å². The molecule has 1 heterocycles. The van der Waals surface area contributed by atoms with Crippen LogP contribution < -0.4 is 20.5 Å². The van der Waals surface area contributed by atoms with E-state index in [4.69, 9.17) is 15.2 Å². The maximum atomic E-state index is 6.32. The third kappa shape index (κ3) is 3.61. The Balaban J connectivity index is 2.03. The van der Waals surface area contributed by atoms with E-state index in [0.717, 1.165) is 42.5 Å². The summed E-state index contributed by atoms with van der Waals surface area (Å²) in [6, 6.07) is 6.02. The van der Waals surface area contributed by atoms with Gasteiger partial charge in [-0.05, 0) is 56.0 Å². The average Bonchev–Trinajstić information content (AvgIpc) is 2.47. The molecule has 1 unspecified atom stereocenters. The first-order chi connectivity index (χ1) is 9.24. The molecule has 1 saturated heterocycles. The molecule has 1 aliphatic rings. The smallest absolute Gasteiger partial charge is 0.161 e. The molecule has 4 heteroatoms. The number of piperidine rings is 1. The van der Waals surface area contributed by atoms with Gasteiger partial charge >= 0.3 is 0 Å². The van der Waals surface area contributed by atoms with Gasteiger partial charge in [-0.2, -0.15) is 0 Å². The number of rotatable bonds is 5. The van der Waals surface area contributed by atoms with Crippen molar-refractivity contribution in [3.8, 4) is 11.5 Å². The van der Waals surface area contributed by atoms with Crippen molar-refractivity contribution in [1.82, 2.24) is 5.32 Å². The lowest BCUT2D eigenvalue weighted by atomic mass is 9.89. The molecule has 0 aliphatic carbocycles. The van der Waals surface area contributed by atoms with Gasteiger partial charge in [0.25, 0.3) is 0 Å². The minimum Gasteiger partial charge on any atom is -0.493 e. The Morgan fingerprint density at radius 3 is 2.53 bits per heavy atom. The molecule has 1 aromatic carbocycles. The monoisotopic (exact) mass is 264 g/mol. The largest absolute Gasteiger partial charge is 0.493 e. The molecular weight excluding hydrogens is 240 g/mol. The van der Waals surface area contributed by atoms with Crippen molar-refractivity contribution < 1.29 is 9.47 Å². The number of ether oxygens (including phenoxy) is 2. The lowest BCUT2D eigenvalue weighted by Gasteiger charge is -2.25. The van der Waals surface area contributed by atoms with Crippen molar-refractivity contribution in [1.29, 1.82) is 0 Å². The number of nitrogens with one attached hydrogen (secondary N) is 1. The second kappa shape index (κ2) is 6.78. The second-order valence-electron chi connectivity index (χ2n) is 5.15. The highest BCUT2D eigenvalue weighted by atomic mass is 16.5. The van der Waals surface area contributed by atoms with Gasteiger partial charge in [0.05, 0.1) is 14.2 Å². The summed E-state index contributed by atoms with van der Waals surface area (Å²) in [7, 11) is 3.30. The van der Waals surface area contributed by atoms with Crippen LogP contribution in [0.15, 0.2) is 18.2 Å². The highest BCUT2D eigenvalue weighted by Gasteiger charge is 2.18. The number of nitrogens with two attached hydrogens (primary N) is 1. The van der Waals surface area contributed by atoms with Crippen LogP contribution in [0.4, 0.5) is 0 Å². The van der Waals surface area contributed by atoms with E-state index in [2.05, 4.69) is 5.32 Å². The predicted molar refractivity (Wildman–Crippen MR) is 76.7 cm³/mol. The van der Waals surface area contributed by atoms with E-state index in [1.54, 1.807) is 14.2 Å². The summed E-state index contributed by atoms with van der Waals surface area (Å²) in [6.45, 7) is 2.23. The van der Waals surface area contributed by atoms with Crippen LogP contribution in [-0.2, 0) is 0 Å². The van der Waals surface area contributed by atoms with Crippen molar-refractivity contribution in [3.63, 3.8) is 0 Å².